The monoisotopic (exact) mass is 336 g/mol. The third kappa shape index (κ3) is 2.81. The maximum atomic E-state index is 12.5. The molecule has 0 spiro atoms. The highest BCUT2D eigenvalue weighted by atomic mass is 16.5. The quantitative estimate of drug-likeness (QED) is 0.768. The van der Waals surface area contributed by atoms with E-state index in [2.05, 4.69) is 5.32 Å². The Labute approximate surface area is 145 Å². The Balaban J connectivity index is 1.54. The third-order valence-corrected chi connectivity index (χ3v) is 4.79. The molecule has 128 valence electrons. The van der Waals surface area contributed by atoms with Crippen LogP contribution in [0, 0.1) is 0 Å². The minimum atomic E-state index is -0.854. The predicted octanol–water partition coefficient (Wildman–Crippen LogP) is 2.37. The highest BCUT2D eigenvalue weighted by Gasteiger charge is 2.37. The fourth-order valence-corrected chi connectivity index (χ4v) is 3.17. The fourth-order valence-electron chi connectivity index (χ4n) is 3.17. The van der Waals surface area contributed by atoms with E-state index in [0.29, 0.717) is 19.8 Å². The van der Waals surface area contributed by atoms with Gasteiger partial charge in [0.2, 0.25) is 0 Å². The molecule has 0 amide bonds. The summed E-state index contributed by atoms with van der Waals surface area (Å²) < 4.78 is 6.77. The summed E-state index contributed by atoms with van der Waals surface area (Å²) in [6, 6.07) is 17.4. The van der Waals surface area contributed by atoms with Gasteiger partial charge in [-0.15, -0.1) is 0 Å². The Morgan fingerprint density at radius 1 is 1.16 bits per heavy atom. The van der Waals surface area contributed by atoms with Gasteiger partial charge in [-0.2, -0.15) is 0 Å². The van der Waals surface area contributed by atoms with Crippen molar-refractivity contribution >= 4 is 16.6 Å². The molecular formula is C20H20N2O3. The molecule has 1 aromatic heterocycles. The number of aliphatic hydroxyl groups is 1. The number of aromatic nitrogens is 1. The lowest BCUT2D eigenvalue weighted by Gasteiger charge is -2.36. The Bertz CT molecular complexity index is 972. The summed E-state index contributed by atoms with van der Waals surface area (Å²) in [5.41, 5.74) is 2.55. The van der Waals surface area contributed by atoms with Crippen LogP contribution >= 0.6 is 0 Å². The number of aryl methyl sites for hydroxylation is 1. The molecule has 2 aromatic carbocycles. The first-order valence-corrected chi connectivity index (χ1v) is 8.29. The lowest BCUT2D eigenvalue weighted by molar-refractivity contribution is -0.184. The van der Waals surface area contributed by atoms with Gasteiger partial charge in [-0.05, 0) is 35.2 Å². The number of hydrogen-bond donors (Lipinski definition) is 2. The van der Waals surface area contributed by atoms with Gasteiger partial charge in [0, 0.05) is 24.8 Å². The molecule has 25 heavy (non-hydrogen) atoms. The molecule has 0 aliphatic carbocycles. The van der Waals surface area contributed by atoms with E-state index >= 15 is 0 Å². The predicted molar refractivity (Wildman–Crippen MR) is 97.7 cm³/mol. The summed E-state index contributed by atoms with van der Waals surface area (Å²) in [6.45, 7) is 1.13. The van der Waals surface area contributed by atoms with Crippen molar-refractivity contribution in [2.24, 2.45) is 7.05 Å². The van der Waals surface area contributed by atoms with Crippen LogP contribution in [-0.4, -0.2) is 22.9 Å². The molecule has 5 heteroatoms. The Hall–Kier alpha value is -2.63. The van der Waals surface area contributed by atoms with E-state index in [4.69, 9.17) is 4.74 Å². The van der Waals surface area contributed by atoms with Gasteiger partial charge >= 0.3 is 0 Å². The standard InChI is InChI=1S/C20H20N2O3/c1-22-18-5-3-2-4-14(18)10-15(19(22)23)11-21-17-8-6-16(7-9-17)20(24)12-25-13-20/h2-10,21,24H,11-13H2,1H3. The number of para-hydroxylation sites is 1. The number of nitrogens with zero attached hydrogens (tertiary/aromatic N) is 1. The molecule has 2 heterocycles. The molecule has 0 bridgehead atoms. The summed E-state index contributed by atoms with van der Waals surface area (Å²) >= 11 is 0. The highest BCUT2D eigenvalue weighted by Crippen LogP contribution is 2.29. The summed E-state index contributed by atoms with van der Waals surface area (Å²) in [5.74, 6) is 0. The van der Waals surface area contributed by atoms with Crippen molar-refractivity contribution in [2.45, 2.75) is 12.1 Å². The summed E-state index contributed by atoms with van der Waals surface area (Å²) in [4.78, 5) is 12.5. The summed E-state index contributed by atoms with van der Waals surface area (Å²) in [7, 11) is 1.80. The molecule has 3 aromatic rings. The summed E-state index contributed by atoms with van der Waals surface area (Å²) in [5, 5.41) is 14.6. The Kier molecular flexibility index (Phi) is 3.82. The minimum Gasteiger partial charge on any atom is -0.381 e. The van der Waals surface area contributed by atoms with Crippen LogP contribution in [-0.2, 0) is 23.9 Å². The lowest BCUT2D eigenvalue weighted by Crippen LogP contribution is -2.46. The molecule has 5 nitrogen and oxygen atoms in total. The van der Waals surface area contributed by atoms with E-state index in [9.17, 15) is 9.90 Å². The fraction of sp³-hybridized carbons (Fsp3) is 0.250. The van der Waals surface area contributed by atoms with Gasteiger partial charge < -0.3 is 19.7 Å². The number of pyridine rings is 1. The van der Waals surface area contributed by atoms with E-state index in [1.807, 2.05) is 54.6 Å². The van der Waals surface area contributed by atoms with Crippen LogP contribution in [0.4, 0.5) is 5.69 Å². The van der Waals surface area contributed by atoms with E-state index < -0.39 is 5.60 Å². The van der Waals surface area contributed by atoms with Gasteiger partial charge in [-0.3, -0.25) is 4.79 Å². The molecule has 0 unspecified atom stereocenters. The largest absolute Gasteiger partial charge is 0.381 e. The van der Waals surface area contributed by atoms with Crippen LogP contribution in [0.2, 0.25) is 0 Å². The van der Waals surface area contributed by atoms with Crippen LogP contribution in [0.3, 0.4) is 0 Å². The average Bonchev–Trinajstić information content (AvgIpc) is 2.62. The van der Waals surface area contributed by atoms with Gasteiger partial charge in [0.1, 0.15) is 5.60 Å². The molecule has 0 radical (unpaired) electrons. The van der Waals surface area contributed by atoms with Crippen LogP contribution in [0.1, 0.15) is 11.1 Å². The molecule has 0 saturated carbocycles. The van der Waals surface area contributed by atoms with Gasteiger partial charge in [0.25, 0.3) is 5.56 Å². The average molecular weight is 336 g/mol. The van der Waals surface area contributed by atoms with Crippen LogP contribution in [0.25, 0.3) is 10.9 Å². The van der Waals surface area contributed by atoms with Gasteiger partial charge in [0.15, 0.2) is 0 Å². The number of ether oxygens (including phenoxy) is 1. The first kappa shape index (κ1) is 15.9. The molecule has 1 fully saturated rings. The van der Waals surface area contributed by atoms with Crippen molar-refractivity contribution in [3.63, 3.8) is 0 Å². The normalized spacial score (nSPS) is 15.8. The number of rotatable bonds is 4. The molecule has 0 atom stereocenters. The molecule has 2 N–H and O–H groups in total. The maximum Gasteiger partial charge on any atom is 0.255 e. The first-order valence-electron chi connectivity index (χ1n) is 8.29. The Morgan fingerprint density at radius 3 is 2.56 bits per heavy atom. The molecule has 1 saturated heterocycles. The number of hydrogen-bond acceptors (Lipinski definition) is 4. The van der Waals surface area contributed by atoms with E-state index in [1.165, 1.54) is 0 Å². The Morgan fingerprint density at radius 2 is 1.88 bits per heavy atom. The smallest absolute Gasteiger partial charge is 0.255 e. The third-order valence-electron chi connectivity index (χ3n) is 4.79. The van der Waals surface area contributed by atoms with E-state index in [0.717, 1.165) is 27.7 Å². The van der Waals surface area contributed by atoms with Crippen molar-refractivity contribution in [3.05, 3.63) is 76.1 Å². The van der Waals surface area contributed by atoms with Gasteiger partial charge in [-0.25, -0.2) is 0 Å². The van der Waals surface area contributed by atoms with Crippen LogP contribution < -0.4 is 10.9 Å². The number of anilines is 1. The zero-order valence-corrected chi connectivity index (χ0v) is 14.0. The zero-order chi connectivity index (χ0) is 17.4. The topological polar surface area (TPSA) is 63.5 Å². The van der Waals surface area contributed by atoms with Crippen molar-refractivity contribution in [1.82, 2.24) is 4.57 Å². The van der Waals surface area contributed by atoms with Gasteiger partial charge in [-0.1, -0.05) is 30.3 Å². The molecule has 1 aliphatic heterocycles. The second-order valence-electron chi connectivity index (χ2n) is 6.55. The highest BCUT2D eigenvalue weighted by molar-refractivity contribution is 5.79. The van der Waals surface area contributed by atoms with Crippen molar-refractivity contribution < 1.29 is 9.84 Å². The molecule has 1 aliphatic rings. The number of benzene rings is 2. The van der Waals surface area contributed by atoms with E-state index in [-0.39, 0.29) is 5.56 Å². The SMILES string of the molecule is Cn1c(=O)c(CNc2ccc(C3(O)COC3)cc2)cc2ccccc21. The molecular weight excluding hydrogens is 316 g/mol. The van der Waals surface area contributed by atoms with Gasteiger partial charge in [0.05, 0.1) is 18.7 Å². The summed E-state index contributed by atoms with van der Waals surface area (Å²) in [6.07, 6.45) is 0. The van der Waals surface area contributed by atoms with Crippen molar-refractivity contribution in [1.29, 1.82) is 0 Å². The minimum absolute atomic E-state index is 0.00347. The van der Waals surface area contributed by atoms with Crippen molar-refractivity contribution in [2.75, 3.05) is 18.5 Å². The second kappa shape index (κ2) is 6.02. The van der Waals surface area contributed by atoms with Crippen molar-refractivity contribution in [3.8, 4) is 0 Å². The maximum absolute atomic E-state index is 12.5. The lowest BCUT2D eigenvalue weighted by atomic mass is 9.92. The number of fused-ring (bicyclic) bond motifs is 1. The zero-order valence-electron chi connectivity index (χ0n) is 14.0. The molecule has 4 rings (SSSR count). The van der Waals surface area contributed by atoms with Crippen LogP contribution in [0.5, 0.6) is 0 Å². The first-order chi connectivity index (χ1) is 12.1. The van der Waals surface area contributed by atoms with Crippen LogP contribution in [0.15, 0.2) is 59.4 Å². The van der Waals surface area contributed by atoms with E-state index in [1.54, 1.807) is 11.6 Å². The number of nitrogens with one attached hydrogen (secondary N) is 1. The second-order valence-corrected chi connectivity index (χ2v) is 6.55.